The van der Waals surface area contributed by atoms with Gasteiger partial charge in [-0.05, 0) is 47.5 Å². The van der Waals surface area contributed by atoms with Gasteiger partial charge < -0.3 is 0 Å². The van der Waals surface area contributed by atoms with Crippen LogP contribution in [0.25, 0.3) is 5.69 Å². The van der Waals surface area contributed by atoms with Crippen molar-refractivity contribution in [1.29, 1.82) is 0 Å². The minimum absolute atomic E-state index is 0.713. The SMILES string of the molecule is Clc1ccc(-n2c(Cc3ccccc3)nnc2SCc2ccc(Br)cc2)cc1. The van der Waals surface area contributed by atoms with Gasteiger partial charge in [0.2, 0.25) is 0 Å². The van der Waals surface area contributed by atoms with Crippen molar-refractivity contribution < 1.29 is 0 Å². The molecule has 0 radical (unpaired) electrons. The lowest BCUT2D eigenvalue weighted by molar-refractivity contribution is 0.848. The van der Waals surface area contributed by atoms with E-state index in [1.54, 1.807) is 11.8 Å². The molecule has 0 aliphatic rings. The summed E-state index contributed by atoms with van der Waals surface area (Å²) in [6, 6.07) is 26.5. The second-order valence-electron chi connectivity index (χ2n) is 6.29. The van der Waals surface area contributed by atoms with Crippen molar-refractivity contribution >= 4 is 39.3 Å². The third-order valence-corrected chi connectivity index (χ3v) is 6.05. The lowest BCUT2D eigenvalue weighted by Gasteiger charge is -2.11. The van der Waals surface area contributed by atoms with Crippen LogP contribution in [-0.4, -0.2) is 14.8 Å². The molecular weight excluding hydrogens is 454 g/mol. The molecule has 0 fully saturated rings. The van der Waals surface area contributed by atoms with Gasteiger partial charge in [-0.25, -0.2) is 0 Å². The summed E-state index contributed by atoms with van der Waals surface area (Å²) in [7, 11) is 0. The Hall–Kier alpha value is -2.08. The summed E-state index contributed by atoms with van der Waals surface area (Å²) in [6.45, 7) is 0. The molecule has 0 spiro atoms. The Bertz CT molecular complexity index is 1050. The number of nitrogens with zero attached hydrogens (tertiary/aromatic N) is 3. The molecule has 0 atom stereocenters. The molecule has 0 unspecified atom stereocenters. The zero-order valence-corrected chi connectivity index (χ0v) is 18.1. The maximum atomic E-state index is 6.09. The molecule has 0 amide bonds. The molecule has 3 nitrogen and oxygen atoms in total. The summed E-state index contributed by atoms with van der Waals surface area (Å²) in [6.07, 6.45) is 0.718. The molecular formula is C22H17BrClN3S. The number of aromatic nitrogens is 3. The Balaban J connectivity index is 1.65. The second-order valence-corrected chi connectivity index (χ2v) is 8.58. The fraction of sp³-hybridized carbons (Fsp3) is 0.0909. The molecule has 3 aromatic carbocycles. The predicted molar refractivity (Wildman–Crippen MR) is 119 cm³/mol. The van der Waals surface area contributed by atoms with Gasteiger partial charge in [0.15, 0.2) is 5.16 Å². The summed E-state index contributed by atoms with van der Waals surface area (Å²) in [5, 5.41) is 10.6. The minimum atomic E-state index is 0.713. The van der Waals surface area contributed by atoms with E-state index in [1.165, 1.54) is 11.1 Å². The smallest absolute Gasteiger partial charge is 0.196 e. The maximum absolute atomic E-state index is 6.09. The zero-order chi connectivity index (χ0) is 19.3. The Morgan fingerprint density at radius 1 is 0.821 bits per heavy atom. The van der Waals surface area contributed by atoms with Gasteiger partial charge in [-0.3, -0.25) is 4.57 Å². The monoisotopic (exact) mass is 469 g/mol. The third kappa shape index (κ3) is 4.66. The van der Waals surface area contributed by atoms with Crippen molar-refractivity contribution in [3.05, 3.63) is 105 Å². The van der Waals surface area contributed by atoms with Crippen LogP contribution in [0.4, 0.5) is 0 Å². The van der Waals surface area contributed by atoms with E-state index >= 15 is 0 Å². The highest BCUT2D eigenvalue weighted by molar-refractivity contribution is 9.10. The van der Waals surface area contributed by atoms with E-state index in [-0.39, 0.29) is 0 Å². The molecule has 0 aliphatic heterocycles. The number of hydrogen-bond donors (Lipinski definition) is 0. The van der Waals surface area contributed by atoms with Gasteiger partial charge in [0.25, 0.3) is 0 Å². The Labute approximate surface area is 181 Å². The molecule has 0 saturated heterocycles. The second kappa shape index (κ2) is 8.95. The number of rotatable bonds is 6. The highest BCUT2D eigenvalue weighted by Crippen LogP contribution is 2.27. The average Bonchev–Trinajstić information content (AvgIpc) is 3.11. The van der Waals surface area contributed by atoms with Crippen LogP contribution < -0.4 is 0 Å². The molecule has 0 aliphatic carbocycles. The van der Waals surface area contributed by atoms with Gasteiger partial charge in [-0.15, -0.1) is 10.2 Å². The van der Waals surface area contributed by atoms with Gasteiger partial charge in [-0.2, -0.15) is 0 Å². The highest BCUT2D eigenvalue weighted by atomic mass is 79.9. The summed E-state index contributed by atoms with van der Waals surface area (Å²) in [4.78, 5) is 0. The molecule has 0 bridgehead atoms. The molecule has 1 heterocycles. The topological polar surface area (TPSA) is 30.7 Å². The Kier molecular flexibility index (Phi) is 6.15. The predicted octanol–water partition coefficient (Wildman–Crippen LogP) is 6.57. The summed E-state index contributed by atoms with van der Waals surface area (Å²) >= 11 is 11.2. The van der Waals surface area contributed by atoms with E-state index in [4.69, 9.17) is 11.6 Å². The minimum Gasteiger partial charge on any atom is -0.274 e. The fourth-order valence-corrected chi connectivity index (χ4v) is 4.18. The van der Waals surface area contributed by atoms with Crippen molar-refractivity contribution in [1.82, 2.24) is 14.8 Å². The largest absolute Gasteiger partial charge is 0.274 e. The lowest BCUT2D eigenvalue weighted by Crippen LogP contribution is -2.03. The fourth-order valence-electron chi connectivity index (χ4n) is 2.86. The van der Waals surface area contributed by atoms with Gasteiger partial charge in [0, 0.05) is 27.4 Å². The van der Waals surface area contributed by atoms with Crippen molar-refractivity contribution in [2.75, 3.05) is 0 Å². The summed E-state index contributed by atoms with van der Waals surface area (Å²) in [5.41, 5.74) is 3.46. The quantitative estimate of drug-likeness (QED) is 0.299. The van der Waals surface area contributed by atoms with E-state index in [9.17, 15) is 0 Å². The molecule has 140 valence electrons. The molecule has 4 aromatic rings. The standard InChI is InChI=1S/C22H17BrClN3S/c23-18-8-6-17(7-9-18)15-28-22-26-25-21(14-16-4-2-1-3-5-16)27(22)20-12-10-19(24)11-13-20/h1-13H,14-15H2. The first-order chi connectivity index (χ1) is 13.7. The number of benzene rings is 3. The third-order valence-electron chi connectivity index (χ3n) is 4.27. The molecule has 28 heavy (non-hydrogen) atoms. The van der Waals surface area contributed by atoms with E-state index in [2.05, 4.69) is 67.1 Å². The van der Waals surface area contributed by atoms with Crippen LogP contribution in [0.5, 0.6) is 0 Å². The highest BCUT2D eigenvalue weighted by Gasteiger charge is 2.15. The summed E-state index contributed by atoms with van der Waals surface area (Å²) in [5.74, 6) is 1.73. The number of hydrogen-bond acceptors (Lipinski definition) is 3. The van der Waals surface area contributed by atoms with Crippen molar-refractivity contribution in [2.24, 2.45) is 0 Å². The van der Waals surface area contributed by atoms with E-state index in [1.807, 2.05) is 42.5 Å². The van der Waals surface area contributed by atoms with Crippen LogP contribution in [0.15, 0.2) is 88.5 Å². The average molecular weight is 471 g/mol. The van der Waals surface area contributed by atoms with E-state index in [0.717, 1.165) is 33.3 Å². The molecule has 1 aromatic heterocycles. The van der Waals surface area contributed by atoms with E-state index in [0.29, 0.717) is 5.02 Å². The van der Waals surface area contributed by atoms with Gasteiger partial charge in [-0.1, -0.05) is 81.8 Å². The van der Waals surface area contributed by atoms with Gasteiger partial charge in [0.1, 0.15) is 5.82 Å². The first-order valence-corrected chi connectivity index (χ1v) is 11.0. The number of thioether (sulfide) groups is 1. The zero-order valence-electron chi connectivity index (χ0n) is 14.9. The number of halogens is 2. The van der Waals surface area contributed by atoms with Crippen LogP contribution in [0.3, 0.4) is 0 Å². The first-order valence-electron chi connectivity index (χ1n) is 8.80. The van der Waals surface area contributed by atoms with Crippen LogP contribution in [0.2, 0.25) is 5.02 Å². The molecule has 4 rings (SSSR count). The van der Waals surface area contributed by atoms with Gasteiger partial charge in [0.05, 0.1) is 0 Å². The van der Waals surface area contributed by atoms with Crippen LogP contribution in [0, 0.1) is 0 Å². The Morgan fingerprint density at radius 2 is 1.54 bits per heavy atom. The van der Waals surface area contributed by atoms with Crippen molar-refractivity contribution in [3.8, 4) is 5.69 Å². The van der Waals surface area contributed by atoms with Crippen LogP contribution >= 0.6 is 39.3 Å². The molecule has 0 N–H and O–H groups in total. The molecule has 0 saturated carbocycles. The van der Waals surface area contributed by atoms with Crippen molar-refractivity contribution in [3.63, 3.8) is 0 Å². The van der Waals surface area contributed by atoms with Crippen LogP contribution in [-0.2, 0) is 12.2 Å². The van der Waals surface area contributed by atoms with Crippen LogP contribution in [0.1, 0.15) is 17.0 Å². The van der Waals surface area contributed by atoms with Gasteiger partial charge >= 0.3 is 0 Å². The molecule has 6 heteroatoms. The maximum Gasteiger partial charge on any atom is 0.196 e. The first kappa shape index (κ1) is 19.2. The van der Waals surface area contributed by atoms with E-state index < -0.39 is 0 Å². The lowest BCUT2D eigenvalue weighted by atomic mass is 10.1. The Morgan fingerprint density at radius 3 is 2.25 bits per heavy atom. The van der Waals surface area contributed by atoms with Crippen molar-refractivity contribution in [2.45, 2.75) is 17.3 Å². The normalized spacial score (nSPS) is 10.9. The summed E-state index contributed by atoms with van der Waals surface area (Å²) < 4.78 is 3.20.